The third-order valence-corrected chi connectivity index (χ3v) is 6.19. The standard InChI is InChI=1S/C23H22ClF3N2O2/c24-18-8-6-15(7-9-18)22(31)29-12-19(16-2-1-3-17(10-16)23(25,26)27)20(13-29)21(30)28-11-14-4-5-14/h1-3,6-10,14,19-20H,4-5,11-13H2,(H,28,30)/t19-,20-/m0/s1. The van der Waals surface area contributed by atoms with Gasteiger partial charge in [-0.25, -0.2) is 0 Å². The average molecular weight is 451 g/mol. The van der Waals surface area contributed by atoms with Crippen LogP contribution in [0.1, 0.15) is 40.2 Å². The Bertz CT molecular complexity index is 974. The number of carbonyl (C=O) groups is 2. The molecule has 1 N–H and O–H groups in total. The van der Waals surface area contributed by atoms with Gasteiger partial charge in [0.05, 0.1) is 11.5 Å². The van der Waals surface area contributed by atoms with Crippen molar-refractivity contribution in [2.24, 2.45) is 11.8 Å². The van der Waals surface area contributed by atoms with Crippen molar-refractivity contribution in [2.75, 3.05) is 19.6 Å². The highest BCUT2D eigenvalue weighted by atomic mass is 35.5. The van der Waals surface area contributed by atoms with Crippen molar-refractivity contribution in [3.8, 4) is 0 Å². The Hall–Kier alpha value is -2.54. The van der Waals surface area contributed by atoms with E-state index in [0.29, 0.717) is 28.6 Å². The molecule has 1 saturated carbocycles. The first kappa shape index (κ1) is 21.7. The first-order valence-electron chi connectivity index (χ1n) is 10.2. The van der Waals surface area contributed by atoms with E-state index in [4.69, 9.17) is 11.6 Å². The summed E-state index contributed by atoms with van der Waals surface area (Å²) in [4.78, 5) is 27.4. The molecule has 1 heterocycles. The second kappa shape index (κ2) is 8.54. The van der Waals surface area contributed by atoms with Gasteiger partial charge in [-0.05, 0) is 54.7 Å². The van der Waals surface area contributed by atoms with Gasteiger partial charge >= 0.3 is 6.18 Å². The van der Waals surface area contributed by atoms with Crippen LogP contribution in [-0.2, 0) is 11.0 Å². The molecule has 1 saturated heterocycles. The third kappa shape index (κ3) is 5.03. The Kier molecular flexibility index (Phi) is 5.97. The number of benzene rings is 2. The van der Waals surface area contributed by atoms with Gasteiger partial charge in [-0.15, -0.1) is 0 Å². The van der Waals surface area contributed by atoms with Gasteiger partial charge in [-0.1, -0.05) is 29.8 Å². The van der Waals surface area contributed by atoms with Gasteiger partial charge in [0.15, 0.2) is 0 Å². The fourth-order valence-electron chi connectivity index (χ4n) is 3.99. The summed E-state index contributed by atoms with van der Waals surface area (Å²) < 4.78 is 39.7. The topological polar surface area (TPSA) is 49.4 Å². The second-order valence-corrected chi connectivity index (χ2v) is 8.68. The number of carbonyl (C=O) groups excluding carboxylic acids is 2. The fourth-order valence-corrected chi connectivity index (χ4v) is 4.12. The zero-order valence-corrected chi connectivity index (χ0v) is 17.4. The maximum absolute atomic E-state index is 13.2. The lowest BCUT2D eigenvalue weighted by atomic mass is 9.87. The Morgan fingerprint density at radius 3 is 2.42 bits per heavy atom. The number of alkyl halides is 3. The molecule has 2 aliphatic rings. The summed E-state index contributed by atoms with van der Waals surface area (Å²) in [6.07, 6.45) is -2.33. The summed E-state index contributed by atoms with van der Waals surface area (Å²) in [5, 5.41) is 3.42. The Balaban J connectivity index is 1.59. The molecular formula is C23H22ClF3N2O2. The monoisotopic (exact) mass is 450 g/mol. The molecule has 4 nitrogen and oxygen atoms in total. The molecule has 1 aliphatic heterocycles. The van der Waals surface area contributed by atoms with Gasteiger partial charge in [-0.3, -0.25) is 9.59 Å². The summed E-state index contributed by atoms with van der Waals surface area (Å²) in [7, 11) is 0. The molecule has 164 valence electrons. The van der Waals surface area contributed by atoms with Crippen LogP contribution in [0.3, 0.4) is 0 Å². The molecule has 2 aromatic carbocycles. The van der Waals surface area contributed by atoms with Crippen LogP contribution in [-0.4, -0.2) is 36.3 Å². The number of likely N-dealkylation sites (tertiary alicyclic amines) is 1. The van der Waals surface area contributed by atoms with Gasteiger partial charge in [0, 0.05) is 36.1 Å². The highest BCUT2D eigenvalue weighted by Gasteiger charge is 2.42. The average Bonchev–Trinajstić information content (AvgIpc) is 3.47. The van der Waals surface area contributed by atoms with Crippen LogP contribution in [0.15, 0.2) is 48.5 Å². The summed E-state index contributed by atoms with van der Waals surface area (Å²) in [6, 6.07) is 11.5. The number of amides is 2. The summed E-state index contributed by atoms with van der Waals surface area (Å²) in [5.41, 5.74) is 0.0728. The Labute approximate surface area is 183 Å². The lowest BCUT2D eigenvalue weighted by Gasteiger charge is -2.19. The van der Waals surface area contributed by atoms with Gasteiger partial charge in [0.2, 0.25) is 5.91 Å². The SMILES string of the molecule is O=C(NCC1CC1)[C@H]1CN(C(=O)c2ccc(Cl)cc2)C[C@H]1c1cccc(C(F)(F)F)c1. The molecule has 31 heavy (non-hydrogen) atoms. The van der Waals surface area contributed by atoms with E-state index in [0.717, 1.165) is 25.0 Å². The molecule has 4 rings (SSSR count). The minimum absolute atomic E-state index is 0.152. The molecule has 2 fully saturated rings. The first-order valence-corrected chi connectivity index (χ1v) is 10.6. The highest BCUT2D eigenvalue weighted by molar-refractivity contribution is 6.30. The van der Waals surface area contributed by atoms with Crippen molar-refractivity contribution in [1.29, 1.82) is 0 Å². The molecule has 0 bridgehead atoms. The number of hydrogen-bond donors (Lipinski definition) is 1. The minimum Gasteiger partial charge on any atom is -0.356 e. The predicted molar refractivity (Wildman–Crippen MR) is 111 cm³/mol. The van der Waals surface area contributed by atoms with Crippen LogP contribution in [0, 0.1) is 11.8 Å². The van der Waals surface area contributed by atoms with Crippen LogP contribution >= 0.6 is 11.6 Å². The molecule has 0 unspecified atom stereocenters. The molecule has 0 spiro atoms. The van der Waals surface area contributed by atoms with Gasteiger partial charge < -0.3 is 10.2 Å². The molecule has 0 aromatic heterocycles. The molecule has 2 aromatic rings. The van der Waals surface area contributed by atoms with E-state index in [9.17, 15) is 22.8 Å². The van der Waals surface area contributed by atoms with E-state index in [1.165, 1.54) is 11.0 Å². The van der Waals surface area contributed by atoms with E-state index < -0.39 is 23.6 Å². The second-order valence-electron chi connectivity index (χ2n) is 8.24. The lowest BCUT2D eigenvalue weighted by Crippen LogP contribution is -2.36. The van der Waals surface area contributed by atoms with Crippen molar-refractivity contribution in [3.05, 3.63) is 70.2 Å². The van der Waals surface area contributed by atoms with E-state index in [2.05, 4.69) is 5.32 Å². The number of nitrogens with zero attached hydrogens (tertiary/aromatic N) is 1. The van der Waals surface area contributed by atoms with E-state index in [-0.39, 0.29) is 24.9 Å². The van der Waals surface area contributed by atoms with Crippen LogP contribution in [0.2, 0.25) is 5.02 Å². The maximum atomic E-state index is 13.2. The summed E-state index contributed by atoms with van der Waals surface area (Å²) in [6.45, 7) is 0.888. The van der Waals surface area contributed by atoms with Gasteiger partial charge in [0.25, 0.3) is 5.91 Å². The fraction of sp³-hybridized carbons (Fsp3) is 0.391. The Morgan fingerprint density at radius 1 is 1.06 bits per heavy atom. The lowest BCUT2D eigenvalue weighted by molar-refractivity contribution is -0.137. The molecule has 2 amide bonds. The predicted octanol–water partition coefficient (Wildman–Crippen LogP) is 4.74. The third-order valence-electron chi connectivity index (χ3n) is 5.94. The zero-order valence-electron chi connectivity index (χ0n) is 16.7. The smallest absolute Gasteiger partial charge is 0.356 e. The van der Waals surface area contributed by atoms with E-state index in [1.54, 1.807) is 30.3 Å². The van der Waals surface area contributed by atoms with Crippen molar-refractivity contribution < 1.29 is 22.8 Å². The van der Waals surface area contributed by atoms with Gasteiger partial charge in [0.1, 0.15) is 0 Å². The maximum Gasteiger partial charge on any atom is 0.416 e. The van der Waals surface area contributed by atoms with Crippen LogP contribution in [0.5, 0.6) is 0 Å². The van der Waals surface area contributed by atoms with Crippen LogP contribution in [0.25, 0.3) is 0 Å². The Morgan fingerprint density at radius 2 is 1.77 bits per heavy atom. The zero-order chi connectivity index (χ0) is 22.2. The highest BCUT2D eigenvalue weighted by Crippen LogP contribution is 2.37. The molecule has 0 radical (unpaired) electrons. The van der Waals surface area contributed by atoms with E-state index in [1.807, 2.05) is 0 Å². The number of halogens is 4. The van der Waals surface area contributed by atoms with Crippen molar-refractivity contribution in [1.82, 2.24) is 10.2 Å². The molecular weight excluding hydrogens is 429 g/mol. The molecule has 2 atom stereocenters. The summed E-state index contributed by atoms with van der Waals surface area (Å²) in [5.74, 6) is -1.15. The van der Waals surface area contributed by atoms with Crippen LogP contribution in [0.4, 0.5) is 13.2 Å². The molecule has 8 heteroatoms. The number of nitrogens with one attached hydrogen (secondary N) is 1. The van der Waals surface area contributed by atoms with Gasteiger partial charge in [-0.2, -0.15) is 13.2 Å². The quantitative estimate of drug-likeness (QED) is 0.715. The van der Waals surface area contributed by atoms with Crippen molar-refractivity contribution in [3.63, 3.8) is 0 Å². The van der Waals surface area contributed by atoms with E-state index >= 15 is 0 Å². The summed E-state index contributed by atoms with van der Waals surface area (Å²) >= 11 is 5.89. The largest absolute Gasteiger partial charge is 0.416 e. The van der Waals surface area contributed by atoms with Crippen molar-refractivity contribution >= 4 is 23.4 Å². The normalized spacial score (nSPS) is 21.2. The van der Waals surface area contributed by atoms with Crippen molar-refractivity contribution in [2.45, 2.75) is 24.9 Å². The van der Waals surface area contributed by atoms with Crippen LogP contribution < -0.4 is 5.32 Å². The minimum atomic E-state index is -4.48. The first-order chi connectivity index (χ1) is 14.7. The number of hydrogen-bond acceptors (Lipinski definition) is 2. The number of rotatable bonds is 5. The molecule has 1 aliphatic carbocycles.